The number of methoxy groups -OCH3 is 1. The van der Waals surface area contributed by atoms with Crippen molar-refractivity contribution in [1.29, 1.82) is 0 Å². The molecule has 104 valence electrons. The minimum absolute atomic E-state index is 0.145. The van der Waals surface area contributed by atoms with Crippen LogP contribution in [0.5, 0.6) is 0 Å². The van der Waals surface area contributed by atoms with Gasteiger partial charge >= 0.3 is 0 Å². The van der Waals surface area contributed by atoms with Gasteiger partial charge in [-0.3, -0.25) is 0 Å². The van der Waals surface area contributed by atoms with Gasteiger partial charge in [-0.25, -0.2) is 0 Å². The van der Waals surface area contributed by atoms with Gasteiger partial charge in [-0.1, -0.05) is 6.92 Å². The molecule has 0 saturated carbocycles. The molecule has 0 radical (unpaired) electrons. The van der Waals surface area contributed by atoms with E-state index in [1.807, 2.05) is 0 Å². The van der Waals surface area contributed by atoms with Gasteiger partial charge in [-0.15, -0.1) is 10.2 Å². The SMILES string of the molecule is CCCNC(Cc1nnn(C)n1)CC(C)(C)OC. The second-order valence-corrected chi connectivity index (χ2v) is 5.22. The molecule has 1 heterocycles. The van der Waals surface area contributed by atoms with Crippen molar-refractivity contribution in [3.63, 3.8) is 0 Å². The Hall–Kier alpha value is -1.01. The number of aryl methyl sites for hydroxylation is 1. The van der Waals surface area contributed by atoms with Gasteiger partial charge in [0.05, 0.1) is 12.6 Å². The molecule has 0 aliphatic heterocycles. The molecule has 0 bridgehead atoms. The summed E-state index contributed by atoms with van der Waals surface area (Å²) in [4.78, 5) is 1.49. The molecule has 6 nitrogen and oxygen atoms in total. The highest BCUT2D eigenvalue weighted by molar-refractivity contribution is 4.88. The third-order valence-corrected chi connectivity index (χ3v) is 2.95. The van der Waals surface area contributed by atoms with Crippen LogP contribution in [-0.4, -0.2) is 45.5 Å². The standard InChI is InChI=1S/C12H25N5O/c1-6-7-13-10(9-12(2,3)18-5)8-11-14-16-17(4)15-11/h10,13H,6-9H2,1-5H3. The summed E-state index contributed by atoms with van der Waals surface area (Å²) in [5.41, 5.74) is -0.145. The quantitative estimate of drug-likeness (QED) is 0.749. The van der Waals surface area contributed by atoms with E-state index in [0.717, 1.165) is 31.6 Å². The van der Waals surface area contributed by atoms with E-state index in [9.17, 15) is 0 Å². The number of rotatable bonds is 8. The van der Waals surface area contributed by atoms with E-state index in [2.05, 4.69) is 41.5 Å². The van der Waals surface area contributed by atoms with Crippen LogP contribution in [-0.2, 0) is 18.2 Å². The van der Waals surface area contributed by atoms with Crippen LogP contribution in [0.4, 0.5) is 0 Å². The van der Waals surface area contributed by atoms with Crippen molar-refractivity contribution in [2.75, 3.05) is 13.7 Å². The fourth-order valence-corrected chi connectivity index (χ4v) is 1.87. The molecular weight excluding hydrogens is 230 g/mol. The molecule has 0 fully saturated rings. The van der Waals surface area contributed by atoms with Crippen LogP contribution in [0.2, 0.25) is 0 Å². The van der Waals surface area contributed by atoms with Gasteiger partial charge in [0, 0.05) is 19.6 Å². The summed E-state index contributed by atoms with van der Waals surface area (Å²) in [7, 11) is 3.53. The Morgan fingerprint density at radius 3 is 2.67 bits per heavy atom. The number of nitrogens with one attached hydrogen (secondary N) is 1. The molecule has 1 N–H and O–H groups in total. The zero-order chi connectivity index (χ0) is 13.6. The highest BCUT2D eigenvalue weighted by Crippen LogP contribution is 2.17. The van der Waals surface area contributed by atoms with Gasteiger partial charge in [0.25, 0.3) is 0 Å². The lowest BCUT2D eigenvalue weighted by Crippen LogP contribution is -2.39. The summed E-state index contributed by atoms with van der Waals surface area (Å²) < 4.78 is 5.49. The molecule has 18 heavy (non-hydrogen) atoms. The zero-order valence-electron chi connectivity index (χ0n) is 12.1. The number of hydrogen-bond donors (Lipinski definition) is 1. The minimum Gasteiger partial charge on any atom is -0.379 e. The van der Waals surface area contributed by atoms with Gasteiger partial charge < -0.3 is 10.1 Å². The molecular formula is C12H25N5O. The highest BCUT2D eigenvalue weighted by Gasteiger charge is 2.23. The van der Waals surface area contributed by atoms with Crippen LogP contribution in [0.25, 0.3) is 0 Å². The molecule has 1 rings (SSSR count). The summed E-state index contributed by atoms with van der Waals surface area (Å²) >= 11 is 0. The zero-order valence-corrected chi connectivity index (χ0v) is 12.1. The third-order valence-electron chi connectivity index (χ3n) is 2.95. The lowest BCUT2D eigenvalue weighted by atomic mass is 9.96. The Balaban J connectivity index is 2.60. The van der Waals surface area contributed by atoms with E-state index >= 15 is 0 Å². The first kappa shape index (κ1) is 15.0. The molecule has 1 aromatic heterocycles. The largest absolute Gasteiger partial charge is 0.379 e. The highest BCUT2D eigenvalue weighted by atomic mass is 16.5. The normalized spacial score (nSPS) is 13.8. The van der Waals surface area contributed by atoms with Gasteiger partial charge in [0.15, 0.2) is 5.82 Å². The second-order valence-electron chi connectivity index (χ2n) is 5.22. The third kappa shape index (κ3) is 5.10. The first-order valence-electron chi connectivity index (χ1n) is 6.48. The fraction of sp³-hybridized carbons (Fsp3) is 0.917. The molecule has 0 aliphatic rings. The summed E-state index contributed by atoms with van der Waals surface area (Å²) in [6.45, 7) is 7.34. The van der Waals surface area contributed by atoms with Crippen LogP contribution in [0, 0.1) is 0 Å². The van der Waals surface area contributed by atoms with Gasteiger partial charge in [0.2, 0.25) is 0 Å². The molecule has 1 atom stereocenters. The molecule has 1 aromatic rings. The van der Waals surface area contributed by atoms with Crippen molar-refractivity contribution in [3.05, 3.63) is 5.82 Å². The first-order valence-corrected chi connectivity index (χ1v) is 6.48. The van der Waals surface area contributed by atoms with Crippen molar-refractivity contribution in [3.8, 4) is 0 Å². The minimum atomic E-state index is -0.145. The summed E-state index contributed by atoms with van der Waals surface area (Å²) in [5.74, 6) is 0.776. The predicted molar refractivity (Wildman–Crippen MR) is 70.3 cm³/mol. The molecule has 0 aromatic carbocycles. The Morgan fingerprint density at radius 2 is 2.17 bits per heavy atom. The predicted octanol–water partition coefficient (Wildman–Crippen LogP) is 0.936. The molecule has 0 amide bonds. The Labute approximate surface area is 109 Å². The van der Waals surface area contributed by atoms with Gasteiger partial charge in [0.1, 0.15) is 0 Å². The molecule has 0 saturated heterocycles. The number of tetrazole rings is 1. The van der Waals surface area contributed by atoms with Gasteiger partial charge in [-0.2, -0.15) is 4.80 Å². The van der Waals surface area contributed by atoms with Gasteiger partial charge in [-0.05, 0) is 38.4 Å². The van der Waals surface area contributed by atoms with E-state index in [1.54, 1.807) is 14.2 Å². The summed E-state index contributed by atoms with van der Waals surface area (Å²) in [6.07, 6.45) is 2.81. The molecule has 6 heteroatoms. The summed E-state index contributed by atoms with van der Waals surface area (Å²) in [6, 6.07) is 0.309. The maximum Gasteiger partial charge on any atom is 0.176 e. The first-order chi connectivity index (χ1) is 8.46. The lowest BCUT2D eigenvalue weighted by Gasteiger charge is -2.28. The molecule has 1 unspecified atom stereocenters. The smallest absolute Gasteiger partial charge is 0.176 e. The number of aromatic nitrogens is 4. The topological polar surface area (TPSA) is 64.9 Å². The van der Waals surface area contributed by atoms with Crippen LogP contribution in [0.3, 0.4) is 0 Å². The average molecular weight is 255 g/mol. The van der Waals surface area contributed by atoms with Crippen LogP contribution in [0.1, 0.15) is 39.4 Å². The Morgan fingerprint density at radius 1 is 1.44 bits per heavy atom. The van der Waals surface area contributed by atoms with E-state index in [-0.39, 0.29) is 5.60 Å². The average Bonchev–Trinajstić information content (AvgIpc) is 2.71. The maximum atomic E-state index is 5.49. The maximum absolute atomic E-state index is 5.49. The number of ether oxygens (including phenoxy) is 1. The number of hydrogen-bond acceptors (Lipinski definition) is 5. The van der Waals surface area contributed by atoms with Crippen molar-refractivity contribution in [2.24, 2.45) is 7.05 Å². The lowest BCUT2D eigenvalue weighted by molar-refractivity contribution is 0.00699. The van der Waals surface area contributed by atoms with Crippen molar-refractivity contribution < 1.29 is 4.74 Å². The Bertz CT molecular complexity index is 350. The monoisotopic (exact) mass is 255 g/mol. The number of nitrogens with zero attached hydrogens (tertiary/aromatic N) is 4. The van der Waals surface area contributed by atoms with Crippen LogP contribution >= 0.6 is 0 Å². The van der Waals surface area contributed by atoms with Crippen molar-refractivity contribution in [2.45, 2.75) is 51.7 Å². The van der Waals surface area contributed by atoms with E-state index in [4.69, 9.17) is 4.74 Å². The fourth-order valence-electron chi connectivity index (χ4n) is 1.87. The summed E-state index contributed by atoms with van der Waals surface area (Å²) in [5, 5.41) is 15.7. The van der Waals surface area contributed by atoms with Crippen molar-refractivity contribution >= 4 is 0 Å². The van der Waals surface area contributed by atoms with Crippen LogP contribution < -0.4 is 5.32 Å². The molecule has 0 spiro atoms. The van der Waals surface area contributed by atoms with Crippen LogP contribution in [0.15, 0.2) is 0 Å². The van der Waals surface area contributed by atoms with E-state index in [1.165, 1.54) is 4.80 Å². The van der Waals surface area contributed by atoms with Crippen molar-refractivity contribution in [1.82, 2.24) is 25.5 Å². The second kappa shape index (κ2) is 6.80. The molecule has 0 aliphatic carbocycles. The Kier molecular flexibility index (Phi) is 5.68. The van der Waals surface area contributed by atoms with E-state index < -0.39 is 0 Å². The van der Waals surface area contributed by atoms with E-state index in [0.29, 0.717) is 6.04 Å².